The summed E-state index contributed by atoms with van der Waals surface area (Å²) in [5.41, 5.74) is 1.74. The highest BCUT2D eigenvalue weighted by Gasteiger charge is 2.12. The van der Waals surface area contributed by atoms with E-state index in [-0.39, 0.29) is 0 Å². The first-order valence-electron chi connectivity index (χ1n) is 4.16. The van der Waals surface area contributed by atoms with Crippen molar-refractivity contribution in [1.82, 2.24) is 10.2 Å². The standard InChI is InChI=1S/C8H15N3O/c1-4-11(12)7-5-9-10-8(7)6(2)3/h5-6,12H,4H2,1-3H3,(H,9,10). The van der Waals surface area contributed by atoms with Gasteiger partial charge < -0.3 is 0 Å². The van der Waals surface area contributed by atoms with Gasteiger partial charge in [-0.15, -0.1) is 0 Å². The minimum absolute atomic E-state index is 0.351. The van der Waals surface area contributed by atoms with Crippen LogP contribution in [0.2, 0.25) is 0 Å². The average molecular weight is 169 g/mol. The molecule has 0 atom stereocenters. The van der Waals surface area contributed by atoms with Crippen molar-refractivity contribution in [1.29, 1.82) is 0 Å². The molecule has 0 bridgehead atoms. The van der Waals surface area contributed by atoms with Gasteiger partial charge in [0.1, 0.15) is 5.69 Å². The molecular formula is C8H15N3O. The summed E-state index contributed by atoms with van der Waals surface area (Å²) in [5, 5.41) is 17.4. The third-order valence-corrected chi connectivity index (χ3v) is 1.80. The minimum atomic E-state index is 0.351. The Balaban J connectivity index is 2.91. The summed E-state index contributed by atoms with van der Waals surface area (Å²) in [6, 6.07) is 0. The number of nitrogens with one attached hydrogen (secondary N) is 1. The molecule has 0 saturated carbocycles. The zero-order valence-corrected chi connectivity index (χ0v) is 7.70. The van der Waals surface area contributed by atoms with Crippen LogP contribution in [0.4, 0.5) is 5.69 Å². The maximum atomic E-state index is 9.42. The van der Waals surface area contributed by atoms with Crippen LogP contribution in [0.5, 0.6) is 0 Å². The number of hydrogen-bond acceptors (Lipinski definition) is 3. The average Bonchev–Trinajstić information content (AvgIpc) is 2.50. The monoisotopic (exact) mass is 169 g/mol. The quantitative estimate of drug-likeness (QED) is 0.678. The van der Waals surface area contributed by atoms with Gasteiger partial charge in [0.2, 0.25) is 0 Å². The number of aromatic nitrogens is 2. The lowest BCUT2D eigenvalue weighted by Crippen LogP contribution is -2.17. The highest BCUT2D eigenvalue weighted by molar-refractivity contribution is 5.47. The molecular weight excluding hydrogens is 154 g/mol. The van der Waals surface area contributed by atoms with Crippen molar-refractivity contribution in [3.63, 3.8) is 0 Å². The molecule has 1 aromatic heterocycles. The molecule has 1 rings (SSSR count). The largest absolute Gasteiger partial charge is 0.288 e. The second-order valence-electron chi connectivity index (χ2n) is 3.04. The molecule has 0 unspecified atom stereocenters. The van der Waals surface area contributed by atoms with Crippen molar-refractivity contribution in [3.8, 4) is 0 Å². The van der Waals surface area contributed by atoms with Crippen molar-refractivity contribution >= 4 is 5.69 Å². The number of hydrogen-bond donors (Lipinski definition) is 2. The van der Waals surface area contributed by atoms with Gasteiger partial charge in [-0.2, -0.15) is 5.10 Å². The van der Waals surface area contributed by atoms with E-state index in [2.05, 4.69) is 24.0 Å². The van der Waals surface area contributed by atoms with Crippen LogP contribution in [0, 0.1) is 0 Å². The highest BCUT2D eigenvalue weighted by Crippen LogP contribution is 2.23. The molecule has 4 heteroatoms. The molecule has 0 aliphatic carbocycles. The van der Waals surface area contributed by atoms with Crippen LogP contribution in [0.1, 0.15) is 32.4 Å². The molecule has 12 heavy (non-hydrogen) atoms. The molecule has 0 saturated heterocycles. The summed E-state index contributed by atoms with van der Waals surface area (Å²) in [4.78, 5) is 0. The lowest BCUT2D eigenvalue weighted by molar-refractivity contribution is 0.259. The molecule has 2 N–H and O–H groups in total. The molecule has 4 nitrogen and oxygen atoms in total. The molecule has 0 aromatic carbocycles. The van der Waals surface area contributed by atoms with Gasteiger partial charge in [0.25, 0.3) is 0 Å². The molecule has 0 radical (unpaired) electrons. The van der Waals surface area contributed by atoms with Crippen LogP contribution in [0.15, 0.2) is 6.20 Å². The Hall–Kier alpha value is -1.03. The Kier molecular flexibility index (Phi) is 2.70. The van der Waals surface area contributed by atoms with Crippen LogP contribution in [-0.2, 0) is 0 Å². The molecule has 1 aromatic rings. The molecule has 0 aliphatic heterocycles. The fraction of sp³-hybridized carbons (Fsp3) is 0.625. The first-order chi connectivity index (χ1) is 5.66. The van der Waals surface area contributed by atoms with Crippen LogP contribution in [0.3, 0.4) is 0 Å². The lowest BCUT2D eigenvalue weighted by atomic mass is 10.1. The van der Waals surface area contributed by atoms with Gasteiger partial charge in [-0.05, 0) is 12.8 Å². The Morgan fingerprint density at radius 3 is 2.83 bits per heavy atom. The van der Waals surface area contributed by atoms with Gasteiger partial charge in [-0.25, -0.2) is 0 Å². The Morgan fingerprint density at radius 1 is 1.67 bits per heavy atom. The smallest absolute Gasteiger partial charge is 0.104 e. The van der Waals surface area contributed by atoms with E-state index >= 15 is 0 Å². The van der Waals surface area contributed by atoms with Gasteiger partial charge in [0.05, 0.1) is 11.9 Å². The molecule has 0 fully saturated rings. The molecule has 1 heterocycles. The van der Waals surface area contributed by atoms with E-state index in [1.54, 1.807) is 6.20 Å². The number of rotatable bonds is 3. The summed E-state index contributed by atoms with van der Waals surface area (Å²) >= 11 is 0. The van der Waals surface area contributed by atoms with Gasteiger partial charge in [0, 0.05) is 6.54 Å². The summed E-state index contributed by atoms with van der Waals surface area (Å²) in [7, 11) is 0. The Labute approximate surface area is 72.2 Å². The first kappa shape index (κ1) is 9.06. The number of H-pyrrole nitrogens is 1. The van der Waals surface area contributed by atoms with E-state index in [1.807, 2.05) is 6.92 Å². The maximum absolute atomic E-state index is 9.42. The van der Waals surface area contributed by atoms with E-state index in [9.17, 15) is 5.21 Å². The molecule has 0 amide bonds. The number of hydroxylamine groups is 1. The zero-order chi connectivity index (χ0) is 9.14. The summed E-state index contributed by atoms with van der Waals surface area (Å²) in [6.07, 6.45) is 1.64. The highest BCUT2D eigenvalue weighted by atomic mass is 16.5. The lowest BCUT2D eigenvalue weighted by Gasteiger charge is -2.15. The van der Waals surface area contributed by atoms with Crippen molar-refractivity contribution < 1.29 is 5.21 Å². The topological polar surface area (TPSA) is 52.1 Å². The molecule has 68 valence electrons. The third kappa shape index (κ3) is 1.58. The van der Waals surface area contributed by atoms with Gasteiger partial charge in [-0.1, -0.05) is 13.8 Å². The normalized spacial score (nSPS) is 10.8. The van der Waals surface area contributed by atoms with Crippen LogP contribution < -0.4 is 5.06 Å². The fourth-order valence-corrected chi connectivity index (χ4v) is 1.09. The molecule has 0 spiro atoms. The predicted octanol–water partition coefficient (Wildman–Crippen LogP) is 1.75. The predicted molar refractivity (Wildman–Crippen MR) is 47.5 cm³/mol. The SMILES string of the molecule is CCN(O)c1cn[nH]c1C(C)C. The first-order valence-corrected chi connectivity index (χ1v) is 4.16. The van der Waals surface area contributed by atoms with Gasteiger partial charge in [-0.3, -0.25) is 15.4 Å². The van der Waals surface area contributed by atoms with Crippen molar-refractivity contribution in [2.45, 2.75) is 26.7 Å². The third-order valence-electron chi connectivity index (χ3n) is 1.80. The van der Waals surface area contributed by atoms with E-state index in [4.69, 9.17) is 0 Å². The van der Waals surface area contributed by atoms with Crippen molar-refractivity contribution in [2.24, 2.45) is 0 Å². The van der Waals surface area contributed by atoms with Crippen molar-refractivity contribution in [3.05, 3.63) is 11.9 Å². The molecule has 0 aliphatic rings. The minimum Gasteiger partial charge on any atom is -0.288 e. The van der Waals surface area contributed by atoms with Gasteiger partial charge >= 0.3 is 0 Å². The summed E-state index contributed by atoms with van der Waals surface area (Å²) < 4.78 is 0. The van der Waals surface area contributed by atoms with Crippen LogP contribution >= 0.6 is 0 Å². The van der Waals surface area contributed by atoms with Crippen LogP contribution in [-0.4, -0.2) is 21.9 Å². The fourth-order valence-electron chi connectivity index (χ4n) is 1.09. The Bertz CT molecular complexity index is 244. The number of aromatic amines is 1. The summed E-state index contributed by atoms with van der Waals surface area (Å²) in [5.74, 6) is 0.351. The van der Waals surface area contributed by atoms with E-state index in [1.165, 1.54) is 5.06 Å². The van der Waals surface area contributed by atoms with Crippen molar-refractivity contribution in [2.75, 3.05) is 11.6 Å². The van der Waals surface area contributed by atoms with E-state index < -0.39 is 0 Å². The van der Waals surface area contributed by atoms with Crippen LogP contribution in [0.25, 0.3) is 0 Å². The maximum Gasteiger partial charge on any atom is 0.104 e. The second kappa shape index (κ2) is 3.58. The van der Waals surface area contributed by atoms with Gasteiger partial charge in [0.15, 0.2) is 0 Å². The second-order valence-corrected chi connectivity index (χ2v) is 3.04. The van der Waals surface area contributed by atoms with E-state index in [0.29, 0.717) is 12.5 Å². The van der Waals surface area contributed by atoms with E-state index in [0.717, 1.165) is 11.4 Å². The Morgan fingerprint density at radius 2 is 2.33 bits per heavy atom. The summed E-state index contributed by atoms with van der Waals surface area (Å²) in [6.45, 7) is 6.57. The number of nitrogens with zero attached hydrogens (tertiary/aromatic N) is 2. The number of anilines is 1. The zero-order valence-electron chi connectivity index (χ0n) is 7.70.